The fourth-order valence-electron chi connectivity index (χ4n) is 4.78. The fraction of sp³-hybridized carbons (Fsp3) is 0.125. The molecule has 3 aliphatic heterocycles. The molecule has 7 nitrogen and oxygen atoms in total. The second-order valence-corrected chi connectivity index (χ2v) is 7.41. The van der Waals surface area contributed by atoms with Crippen molar-refractivity contribution in [2.45, 2.75) is 5.41 Å². The first kappa shape index (κ1) is 18.7. The SMILES string of the molecule is C=CCN1C(=O)[C@]2(C(C#N)=C(N)N(c3ccccc3)C3=C2C(=O)OC3)c2ccccc21. The number of rotatable bonds is 3. The molecule has 0 saturated heterocycles. The number of ether oxygens (including phenoxy) is 1. The number of hydrogen-bond donors (Lipinski definition) is 1. The summed E-state index contributed by atoms with van der Waals surface area (Å²) in [4.78, 5) is 30.2. The van der Waals surface area contributed by atoms with E-state index >= 15 is 0 Å². The number of esters is 1. The summed E-state index contributed by atoms with van der Waals surface area (Å²) in [6.07, 6.45) is 1.61. The molecule has 0 unspecified atom stereocenters. The van der Waals surface area contributed by atoms with Crippen molar-refractivity contribution in [1.82, 2.24) is 0 Å². The van der Waals surface area contributed by atoms with Gasteiger partial charge >= 0.3 is 5.97 Å². The van der Waals surface area contributed by atoms with E-state index in [2.05, 4.69) is 12.6 Å². The number of hydrogen-bond acceptors (Lipinski definition) is 6. The average Bonchev–Trinajstić information content (AvgIpc) is 3.27. The number of nitrogens with two attached hydrogens (primary N) is 1. The molecule has 0 radical (unpaired) electrons. The van der Waals surface area contributed by atoms with Gasteiger partial charge in [0.15, 0.2) is 0 Å². The van der Waals surface area contributed by atoms with E-state index in [1.165, 1.54) is 4.90 Å². The van der Waals surface area contributed by atoms with Gasteiger partial charge < -0.3 is 15.4 Å². The number of fused-ring (bicyclic) bond motifs is 3. The second-order valence-electron chi connectivity index (χ2n) is 7.41. The molecule has 1 spiro atoms. The number of carbonyl (C=O) groups excluding carboxylic acids is 2. The monoisotopic (exact) mass is 410 g/mol. The number of carbonyl (C=O) groups is 2. The zero-order valence-electron chi connectivity index (χ0n) is 16.5. The van der Waals surface area contributed by atoms with Crippen LogP contribution in [0.5, 0.6) is 0 Å². The lowest BCUT2D eigenvalue weighted by Gasteiger charge is -2.38. The number of para-hydroxylation sites is 2. The lowest BCUT2D eigenvalue weighted by Crippen LogP contribution is -2.50. The Bertz CT molecular complexity index is 1260. The van der Waals surface area contributed by atoms with Gasteiger partial charge in [0.2, 0.25) is 5.91 Å². The average molecular weight is 410 g/mol. The quantitative estimate of drug-likeness (QED) is 0.616. The van der Waals surface area contributed by atoms with Gasteiger partial charge in [-0.3, -0.25) is 9.69 Å². The molecule has 2 aromatic carbocycles. The van der Waals surface area contributed by atoms with Crippen LogP contribution in [0.4, 0.5) is 11.4 Å². The molecule has 7 heteroatoms. The van der Waals surface area contributed by atoms with E-state index in [0.717, 1.165) is 0 Å². The number of cyclic esters (lactones) is 1. The second kappa shape index (κ2) is 6.61. The Morgan fingerprint density at radius 2 is 1.87 bits per heavy atom. The Morgan fingerprint density at radius 3 is 2.58 bits per heavy atom. The Labute approximate surface area is 178 Å². The van der Waals surface area contributed by atoms with Crippen LogP contribution in [0.1, 0.15) is 5.56 Å². The molecule has 2 N–H and O–H groups in total. The zero-order chi connectivity index (χ0) is 21.8. The summed E-state index contributed by atoms with van der Waals surface area (Å²) in [5.41, 5.74) is 7.37. The summed E-state index contributed by atoms with van der Waals surface area (Å²) in [5, 5.41) is 10.2. The van der Waals surface area contributed by atoms with Gasteiger partial charge in [0, 0.05) is 23.5 Å². The van der Waals surface area contributed by atoms with E-state index in [-0.39, 0.29) is 30.1 Å². The molecule has 0 fully saturated rings. The highest BCUT2D eigenvalue weighted by atomic mass is 16.5. The first-order valence-electron chi connectivity index (χ1n) is 9.76. The number of benzene rings is 2. The molecule has 31 heavy (non-hydrogen) atoms. The van der Waals surface area contributed by atoms with Gasteiger partial charge in [-0.2, -0.15) is 5.26 Å². The molecule has 0 bridgehead atoms. The maximum Gasteiger partial charge on any atom is 0.338 e. The maximum absolute atomic E-state index is 14.0. The third kappa shape index (κ3) is 2.21. The highest BCUT2D eigenvalue weighted by Gasteiger charge is 2.63. The first-order valence-corrected chi connectivity index (χ1v) is 9.76. The van der Waals surface area contributed by atoms with Crippen LogP contribution in [0.25, 0.3) is 0 Å². The Balaban J connectivity index is 1.88. The molecule has 1 atom stereocenters. The summed E-state index contributed by atoms with van der Waals surface area (Å²) in [7, 11) is 0. The maximum atomic E-state index is 14.0. The van der Waals surface area contributed by atoms with E-state index in [4.69, 9.17) is 10.5 Å². The van der Waals surface area contributed by atoms with E-state index in [1.54, 1.807) is 29.2 Å². The molecular weight excluding hydrogens is 392 g/mol. The third-order valence-corrected chi connectivity index (χ3v) is 5.95. The molecule has 2 aromatic rings. The molecule has 3 heterocycles. The van der Waals surface area contributed by atoms with Crippen molar-refractivity contribution >= 4 is 23.3 Å². The molecule has 0 saturated carbocycles. The minimum atomic E-state index is -1.65. The smallest absolute Gasteiger partial charge is 0.338 e. The molecule has 1 amide bonds. The van der Waals surface area contributed by atoms with Crippen LogP contribution < -0.4 is 15.5 Å². The van der Waals surface area contributed by atoms with Gasteiger partial charge in [0.05, 0.1) is 16.8 Å². The van der Waals surface area contributed by atoms with Crippen LogP contribution in [0.2, 0.25) is 0 Å². The first-order chi connectivity index (χ1) is 15.1. The molecule has 0 aliphatic carbocycles. The van der Waals surface area contributed by atoms with Crippen LogP contribution in [-0.4, -0.2) is 25.0 Å². The highest BCUT2D eigenvalue weighted by molar-refractivity contribution is 6.20. The van der Waals surface area contributed by atoms with Crippen molar-refractivity contribution in [3.05, 3.63) is 95.5 Å². The van der Waals surface area contributed by atoms with E-state index < -0.39 is 17.3 Å². The van der Waals surface area contributed by atoms with Crippen LogP contribution in [0.15, 0.2) is 89.9 Å². The Kier molecular flexibility index (Phi) is 3.99. The normalized spacial score (nSPS) is 21.9. The summed E-state index contributed by atoms with van der Waals surface area (Å²) < 4.78 is 5.40. The van der Waals surface area contributed by atoms with Gasteiger partial charge in [0.1, 0.15) is 23.9 Å². The topological polar surface area (TPSA) is 99.7 Å². The lowest BCUT2D eigenvalue weighted by molar-refractivity contribution is -0.137. The largest absolute Gasteiger partial charge is 0.456 e. The predicted octanol–water partition coefficient (Wildman–Crippen LogP) is 2.48. The number of amides is 1. The molecule has 3 aliphatic rings. The Morgan fingerprint density at radius 1 is 1.16 bits per heavy atom. The van der Waals surface area contributed by atoms with Crippen molar-refractivity contribution in [1.29, 1.82) is 5.26 Å². The summed E-state index contributed by atoms with van der Waals surface area (Å²) in [6.45, 7) is 3.94. The van der Waals surface area contributed by atoms with Crippen molar-refractivity contribution in [2.75, 3.05) is 23.0 Å². The molecule has 152 valence electrons. The van der Waals surface area contributed by atoms with Gasteiger partial charge in [-0.05, 0) is 18.2 Å². The van der Waals surface area contributed by atoms with Gasteiger partial charge in [-0.1, -0.05) is 42.5 Å². The molecular formula is C24H18N4O3. The van der Waals surface area contributed by atoms with Crippen LogP contribution >= 0.6 is 0 Å². The third-order valence-electron chi connectivity index (χ3n) is 5.95. The number of nitrogens with zero attached hydrogens (tertiary/aromatic N) is 3. The van der Waals surface area contributed by atoms with Crippen molar-refractivity contribution in [3.63, 3.8) is 0 Å². The van der Waals surface area contributed by atoms with Crippen LogP contribution in [-0.2, 0) is 19.7 Å². The van der Waals surface area contributed by atoms with E-state index in [1.807, 2.05) is 36.4 Å². The minimum absolute atomic E-state index is 0.0120. The van der Waals surface area contributed by atoms with Crippen LogP contribution in [0, 0.1) is 11.3 Å². The van der Waals surface area contributed by atoms with Gasteiger partial charge in [-0.15, -0.1) is 6.58 Å². The lowest BCUT2D eigenvalue weighted by atomic mass is 9.67. The molecule has 5 rings (SSSR count). The van der Waals surface area contributed by atoms with Gasteiger partial charge in [-0.25, -0.2) is 4.79 Å². The van der Waals surface area contributed by atoms with Gasteiger partial charge in [0.25, 0.3) is 0 Å². The number of anilines is 2. The predicted molar refractivity (Wildman–Crippen MR) is 114 cm³/mol. The zero-order valence-corrected chi connectivity index (χ0v) is 16.5. The van der Waals surface area contributed by atoms with Crippen molar-refractivity contribution < 1.29 is 14.3 Å². The fourth-order valence-corrected chi connectivity index (χ4v) is 4.78. The summed E-state index contributed by atoms with van der Waals surface area (Å²) in [6, 6.07) is 18.5. The molecule has 0 aromatic heterocycles. The number of nitriles is 1. The summed E-state index contributed by atoms with van der Waals surface area (Å²) >= 11 is 0. The van der Waals surface area contributed by atoms with Crippen molar-refractivity contribution in [3.8, 4) is 6.07 Å². The Hall–Kier alpha value is -4.31. The standard InChI is InChI=1S/C24H18N4O3/c1-2-12-27-18-11-7-6-10-16(18)24(23(27)30)17(13-25)21(26)28(15-8-4-3-5-9-15)19-14-31-22(29)20(19)24/h2-11H,1,12,14,26H2/t24-/m0/s1. The van der Waals surface area contributed by atoms with E-state index in [0.29, 0.717) is 22.6 Å². The van der Waals surface area contributed by atoms with E-state index in [9.17, 15) is 14.9 Å². The summed E-state index contributed by atoms with van der Waals surface area (Å²) in [5.74, 6) is -0.929. The highest BCUT2D eigenvalue weighted by Crippen LogP contribution is 2.56. The van der Waals surface area contributed by atoms with Crippen molar-refractivity contribution in [2.24, 2.45) is 5.73 Å². The minimum Gasteiger partial charge on any atom is -0.456 e. The van der Waals surface area contributed by atoms with Crippen LogP contribution in [0.3, 0.4) is 0 Å².